The molecule has 1 fully saturated rings. The summed E-state index contributed by atoms with van der Waals surface area (Å²) in [5, 5.41) is 18.0. The zero-order valence-corrected chi connectivity index (χ0v) is 7.75. The van der Waals surface area contributed by atoms with Gasteiger partial charge in [0.15, 0.2) is 0 Å². The van der Waals surface area contributed by atoms with Crippen molar-refractivity contribution in [1.82, 2.24) is 0 Å². The number of rotatable bonds is 2. The van der Waals surface area contributed by atoms with Crippen molar-refractivity contribution in [2.45, 2.75) is 6.92 Å². The van der Waals surface area contributed by atoms with Crippen molar-refractivity contribution in [3.63, 3.8) is 0 Å². The van der Waals surface area contributed by atoms with Gasteiger partial charge in [-0.3, -0.25) is 9.59 Å². The van der Waals surface area contributed by atoms with E-state index in [0.29, 0.717) is 0 Å². The van der Waals surface area contributed by atoms with E-state index in [-0.39, 0.29) is 17.8 Å². The summed E-state index contributed by atoms with van der Waals surface area (Å²) >= 11 is 0. The van der Waals surface area contributed by atoms with Gasteiger partial charge in [0, 0.05) is 0 Å². The summed E-state index contributed by atoms with van der Waals surface area (Å²) in [6, 6.07) is 0. The maximum Gasteiger partial charge on any atom is 0.308 e. The first-order valence-electron chi connectivity index (χ1n) is 4.68. The smallest absolute Gasteiger partial charge is 0.308 e. The maximum absolute atomic E-state index is 11.0. The van der Waals surface area contributed by atoms with Crippen LogP contribution in [0.25, 0.3) is 0 Å². The van der Waals surface area contributed by atoms with Crippen molar-refractivity contribution in [2.24, 2.45) is 29.6 Å². The average molecular weight is 196 g/mol. The summed E-state index contributed by atoms with van der Waals surface area (Å²) in [6.07, 6.45) is 3.71. The molecule has 2 aliphatic rings. The van der Waals surface area contributed by atoms with Gasteiger partial charge in [0.1, 0.15) is 0 Å². The predicted molar refractivity (Wildman–Crippen MR) is 47.5 cm³/mol. The lowest BCUT2D eigenvalue weighted by Gasteiger charge is -2.20. The molecule has 4 heteroatoms. The van der Waals surface area contributed by atoms with E-state index in [4.69, 9.17) is 10.2 Å². The fourth-order valence-electron chi connectivity index (χ4n) is 2.87. The van der Waals surface area contributed by atoms with Crippen LogP contribution in [0, 0.1) is 29.6 Å². The highest BCUT2D eigenvalue weighted by Crippen LogP contribution is 2.51. The van der Waals surface area contributed by atoms with Crippen LogP contribution in [0.3, 0.4) is 0 Å². The van der Waals surface area contributed by atoms with Crippen LogP contribution in [0.4, 0.5) is 0 Å². The van der Waals surface area contributed by atoms with Gasteiger partial charge < -0.3 is 10.2 Å². The fraction of sp³-hybridized carbons (Fsp3) is 0.600. The van der Waals surface area contributed by atoms with Crippen LogP contribution in [0.5, 0.6) is 0 Å². The number of carboxylic acid groups (broad SMARTS) is 2. The molecule has 0 spiro atoms. The minimum absolute atomic E-state index is 0.0985. The molecule has 0 aromatic rings. The Morgan fingerprint density at radius 3 is 1.64 bits per heavy atom. The largest absolute Gasteiger partial charge is 0.481 e. The molecular formula is C10H12O4. The highest BCUT2D eigenvalue weighted by Gasteiger charge is 2.55. The quantitative estimate of drug-likeness (QED) is 0.642. The molecule has 0 aromatic carbocycles. The number of aliphatic carboxylic acids is 2. The first kappa shape index (κ1) is 9.24. The number of carboxylic acids is 2. The molecule has 4 atom stereocenters. The first-order chi connectivity index (χ1) is 6.54. The zero-order valence-electron chi connectivity index (χ0n) is 7.75. The monoisotopic (exact) mass is 196 g/mol. The normalized spacial score (nSPS) is 44.2. The number of hydrogen-bond donors (Lipinski definition) is 2. The van der Waals surface area contributed by atoms with Crippen LogP contribution in [-0.4, -0.2) is 22.2 Å². The van der Waals surface area contributed by atoms with Gasteiger partial charge in [-0.05, 0) is 17.8 Å². The standard InChI is InChI=1S/C10H12O4/c1-4-5-2-3-6(4)8(10(13)14)7(5)9(11)12/h2-8H,1H3,(H,11,12)(H,13,14). The van der Waals surface area contributed by atoms with Crippen molar-refractivity contribution in [1.29, 1.82) is 0 Å². The molecule has 0 aliphatic heterocycles. The molecule has 76 valence electrons. The fourth-order valence-corrected chi connectivity index (χ4v) is 2.87. The van der Waals surface area contributed by atoms with Crippen LogP contribution in [0.15, 0.2) is 12.2 Å². The Bertz CT molecular complexity index is 290. The lowest BCUT2D eigenvalue weighted by Crippen LogP contribution is -2.32. The Balaban J connectivity index is 2.36. The van der Waals surface area contributed by atoms with Gasteiger partial charge in [0.2, 0.25) is 0 Å². The minimum atomic E-state index is -0.985. The summed E-state index contributed by atoms with van der Waals surface area (Å²) in [4.78, 5) is 21.9. The van der Waals surface area contributed by atoms with E-state index in [2.05, 4.69) is 0 Å². The highest BCUT2D eigenvalue weighted by molar-refractivity contribution is 5.82. The predicted octanol–water partition coefficient (Wildman–Crippen LogP) is 0.840. The van der Waals surface area contributed by atoms with Gasteiger partial charge >= 0.3 is 11.9 Å². The number of fused-ring (bicyclic) bond motifs is 2. The van der Waals surface area contributed by atoms with Crippen LogP contribution in [0.1, 0.15) is 6.92 Å². The molecule has 2 aliphatic carbocycles. The Hall–Kier alpha value is -1.32. The SMILES string of the molecule is CC1C2C=CC1C(C(=O)O)C2C(=O)O. The average Bonchev–Trinajstić information content (AvgIpc) is 2.58. The molecule has 1 saturated carbocycles. The van der Waals surface area contributed by atoms with E-state index in [0.717, 1.165) is 0 Å². The van der Waals surface area contributed by atoms with Gasteiger partial charge in [0.25, 0.3) is 0 Å². The van der Waals surface area contributed by atoms with Gasteiger partial charge in [0.05, 0.1) is 11.8 Å². The van der Waals surface area contributed by atoms with Crippen molar-refractivity contribution >= 4 is 11.9 Å². The third-order valence-electron chi connectivity index (χ3n) is 3.56. The second-order valence-electron chi connectivity index (χ2n) is 4.13. The Kier molecular flexibility index (Phi) is 1.87. The van der Waals surface area contributed by atoms with Crippen LogP contribution in [-0.2, 0) is 9.59 Å². The third-order valence-corrected chi connectivity index (χ3v) is 3.56. The minimum Gasteiger partial charge on any atom is -0.481 e. The van der Waals surface area contributed by atoms with Gasteiger partial charge in [-0.1, -0.05) is 19.1 Å². The number of hydrogen-bond acceptors (Lipinski definition) is 2. The van der Waals surface area contributed by atoms with E-state index in [1.807, 2.05) is 19.1 Å². The molecular weight excluding hydrogens is 184 g/mol. The Morgan fingerprint density at radius 2 is 1.36 bits per heavy atom. The maximum atomic E-state index is 11.0. The second kappa shape index (κ2) is 2.83. The molecule has 2 bridgehead atoms. The summed E-state index contributed by atoms with van der Waals surface area (Å²) in [5.74, 6) is -3.49. The molecule has 0 heterocycles. The number of carbonyl (C=O) groups is 2. The van der Waals surface area contributed by atoms with E-state index < -0.39 is 23.8 Å². The van der Waals surface area contributed by atoms with Crippen LogP contribution < -0.4 is 0 Å². The Labute approximate surface area is 81.2 Å². The van der Waals surface area contributed by atoms with Crippen molar-refractivity contribution in [3.8, 4) is 0 Å². The molecule has 2 rings (SSSR count). The molecule has 4 unspecified atom stereocenters. The van der Waals surface area contributed by atoms with Crippen LogP contribution in [0.2, 0.25) is 0 Å². The topological polar surface area (TPSA) is 74.6 Å². The highest BCUT2D eigenvalue weighted by atomic mass is 16.4. The summed E-state index contributed by atoms with van der Waals surface area (Å²) in [5.41, 5.74) is 0. The zero-order chi connectivity index (χ0) is 10.5. The molecule has 2 N–H and O–H groups in total. The van der Waals surface area contributed by atoms with Crippen molar-refractivity contribution in [3.05, 3.63) is 12.2 Å². The third kappa shape index (κ3) is 0.997. The molecule has 0 radical (unpaired) electrons. The summed E-state index contributed by atoms with van der Waals surface area (Å²) < 4.78 is 0. The lowest BCUT2D eigenvalue weighted by molar-refractivity contribution is -0.154. The van der Waals surface area contributed by atoms with E-state index in [1.54, 1.807) is 0 Å². The first-order valence-corrected chi connectivity index (χ1v) is 4.68. The Morgan fingerprint density at radius 1 is 1.00 bits per heavy atom. The molecule has 0 aromatic heterocycles. The number of allylic oxidation sites excluding steroid dienone is 2. The molecule has 0 saturated heterocycles. The molecule has 4 nitrogen and oxygen atoms in total. The summed E-state index contributed by atoms with van der Waals surface area (Å²) in [7, 11) is 0. The van der Waals surface area contributed by atoms with Gasteiger partial charge in [-0.2, -0.15) is 0 Å². The van der Waals surface area contributed by atoms with E-state index in [9.17, 15) is 9.59 Å². The molecule has 14 heavy (non-hydrogen) atoms. The molecule has 0 amide bonds. The van der Waals surface area contributed by atoms with Crippen molar-refractivity contribution < 1.29 is 19.8 Å². The van der Waals surface area contributed by atoms with Crippen LogP contribution >= 0.6 is 0 Å². The summed E-state index contributed by atoms with van der Waals surface area (Å²) in [6.45, 7) is 1.92. The van der Waals surface area contributed by atoms with Crippen molar-refractivity contribution in [2.75, 3.05) is 0 Å². The van der Waals surface area contributed by atoms with Gasteiger partial charge in [-0.25, -0.2) is 0 Å². The van der Waals surface area contributed by atoms with Gasteiger partial charge in [-0.15, -0.1) is 0 Å². The lowest BCUT2D eigenvalue weighted by atomic mass is 9.83. The van der Waals surface area contributed by atoms with E-state index in [1.165, 1.54) is 0 Å². The second-order valence-corrected chi connectivity index (χ2v) is 4.13. The van der Waals surface area contributed by atoms with E-state index >= 15 is 0 Å².